The Balaban J connectivity index is 1.80. The molecule has 4 nitrogen and oxygen atoms in total. The molecule has 1 saturated carbocycles. The predicted octanol–water partition coefficient (Wildman–Crippen LogP) is 2.83. The molecule has 0 amide bonds. The Bertz CT molecular complexity index is 595. The zero-order valence-corrected chi connectivity index (χ0v) is 12.8. The number of pyridine rings is 1. The molecule has 2 unspecified atom stereocenters. The fourth-order valence-corrected chi connectivity index (χ4v) is 3.93. The molecule has 1 aromatic rings. The SMILES string of the molecule is CCOC(=O)c1cc2c(nc1C1CC1)CC1CCC2N1C. The van der Waals surface area contributed by atoms with Crippen molar-refractivity contribution in [1.82, 2.24) is 9.88 Å². The number of hydrogen-bond donors (Lipinski definition) is 0. The molecule has 1 saturated heterocycles. The zero-order chi connectivity index (χ0) is 14.6. The van der Waals surface area contributed by atoms with Crippen LogP contribution in [0.4, 0.5) is 0 Å². The number of carbonyl (C=O) groups is 1. The summed E-state index contributed by atoms with van der Waals surface area (Å²) in [5.74, 6) is 0.282. The van der Waals surface area contributed by atoms with E-state index in [4.69, 9.17) is 9.72 Å². The summed E-state index contributed by atoms with van der Waals surface area (Å²) < 4.78 is 5.25. The minimum atomic E-state index is -0.197. The van der Waals surface area contributed by atoms with E-state index in [2.05, 4.69) is 18.0 Å². The van der Waals surface area contributed by atoms with Gasteiger partial charge in [0, 0.05) is 30.1 Å². The van der Waals surface area contributed by atoms with E-state index in [1.54, 1.807) is 0 Å². The lowest BCUT2D eigenvalue weighted by atomic mass is 9.95. The molecule has 112 valence electrons. The molecule has 2 bridgehead atoms. The van der Waals surface area contributed by atoms with Crippen molar-refractivity contribution in [3.05, 3.63) is 28.6 Å². The van der Waals surface area contributed by atoms with Gasteiger partial charge in [-0.05, 0) is 51.3 Å². The molecule has 1 aliphatic carbocycles. The summed E-state index contributed by atoms with van der Waals surface area (Å²) in [6, 6.07) is 3.17. The van der Waals surface area contributed by atoms with Gasteiger partial charge in [-0.2, -0.15) is 0 Å². The summed E-state index contributed by atoms with van der Waals surface area (Å²) in [5, 5.41) is 0. The van der Waals surface area contributed by atoms with Gasteiger partial charge in [0.2, 0.25) is 0 Å². The topological polar surface area (TPSA) is 42.4 Å². The first kappa shape index (κ1) is 13.3. The summed E-state index contributed by atoms with van der Waals surface area (Å²) in [6.45, 7) is 2.28. The number of ether oxygens (including phenoxy) is 1. The van der Waals surface area contributed by atoms with E-state index in [1.165, 1.54) is 24.1 Å². The van der Waals surface area contributed by atoms with Crippen LogP contribution in [-0.4, -0.2) is 35.5 Å². The lowest BCUT2D eigenvalue weighted by molar-refractivity contribution is 0.0524. The number of nitrogens with zero attached hydrogens (tertiary/aromatic N) is 2. The van der Waals surface area contributed by atoms with Crippen molar-refractivity contribution < 1.29 is 9.53 Å². The molecule has 21 heavy (non-hydrogen) atoms. The third-order valence-electron chi connectivity index (χ3n) is 5.25. The molecule has 2 aliphatic heterocycles. The molecule has 4 rings (SSSR count). The quantitative estimate of drug-likeness (QED) is 0.801. The van der Waals surface area contributed by atoms with Crippen LogP contribution in [0.1, 0.15) is 71.9 Å². The Morgan fingerprint density at radius 1 is 1.38 bits per heavy atom. The van der Waals surface area contributed by atoms with Crippen molar-refractivity contribution in [2.75, 3.05) is 13.7 Å². The molecule has 4 heteroatoms. The zero-order valence-electron chi connectivity index (χ0n) is 12.8. The van der Waals surface area contributed by atoms with Gasteiger partial charge in [0.25, 0.3) is 0 Å². The average Bonchev–Trinajstić information content (AvgIpc) is 3.27. The van der Waals surface area contributed by atoms with Gasteiger partial charge in [0.05, 0.1) is 17.9 Å². The normalized spacial score (nSPS) is 27.5. The van der Waals surface area contributed by atoms with Crippen LogP contribution in [0.5, 0.6) is 0 Å². The molecule has 0 N–H and O–H groups in total. The molecule has 3 heterocycles. The van der Waals surface area contributed by atoms with Crippen LogP contribution in [0.3, 0.4) is 0 Å². The molecular formula is C17H22N2O2. The molecule has 0 radical (unpaired) electrons. The number of likely N-dealkylation sites (N-methyl/N-ethyl adjacent to an activating group) is 1. The highest BCUT2D eigenvalue weighted by molar-refractivity contribution is 5.91. The van der Waals surface area contributed by atoms with Crippen molar-refractivity contribution in [2.45, 2.75) is 57.0 Å². The minimum absolute atomic E-state index is 0.197. The fourth-order valence-electron chi connectivity index (χ4n) is 3.93. The van der Waals surface area contributed by atoms with Crippen molar-refractivity contribution in [3.63, 3.8) is 0 Å². The number of fused-ring (bicyclic) bond motifs is 4. The molecule has 3 aliphatic rings. The van der Waals surface area contributed by atoms with Crippen LogP contribution in [0.2, 0.25) is 0 Å². The van der Waals surface area contributed by atoms with Crippen molar-refractivity contribution in [1.29, 1.82) is 0 Å². The highest BCUT2D eigenvalue weighted by Gasteiger charge is 2.40. The second-order valence-electron chi connectivity index (χ2n) is 6.57. The Labute approximate surface area is 125 Å². The Morgan fingerprint density at radius 3 is 2.90 bits per heavy atom. The number of carbonyl (C=O) groups excluding carboxylic acids is 1. The Hall–Kier alpha value is -1.42. The summed E-state index contributed by atoms with van der Waals surface area (Å²) >= 11 is 0. The van der Waals surface area contributed by atoms with E-state index in [9.17, 15) is 4.79 Å². The van der Waals surface area contributed by atoms with Gasteiger partial charge in [-0.3, -0.25) is 9.88 Å². The van der Waals surface area contributed by atoms with Crippen LogP contribution in [0.25, 0.3) is 0 Å². The monoisotopic (exact) mass is 286 g/mol. The Kier molecular flexibility index (Phi) is 3.03. The lowest BCUT2D eigenvalue weighted by Gasteiger charge is -2.33. The van der Waals surface area contributed by atoms with Crippen LogP contribution in [0, 0.1) is 0 Å². The molecule has 0 spiro atoms. The summed E-state index contributed by atoms with van der Waals surface area (Å²) in [4.78, 5) is 19.7. The molecule has 1 aromatic heterocycles. The number of hydrogen-bond acceptors (Lipinski definition) is 4. The maximum atomic E-state index is 12.3. The van der Waals surface area contributed by atoms with E-state index in [0.29, 0.717) is 24.6 Å². The van der Waals surface area contributed by atoms with Gasteiger partial charge >= 0.3 is 5.97 Å². The van der Waals surface area contributed by atoms with Gasteiger partial charge < -0.3 is 4.74 Å². The lowest BCUT2D eigenvalue weighted by Crippen LogP contribution is -2.35. The minimum Gasteiger partial charge on any atom is -0.462 e. The van der Waals surface area contributed by atoms with Gasteiger partial charge in [0.15, 0.2) is 0 Å². The standard InChI is InChI=1S/C17H22N2O2/c1-3-21-17(20)13-9-12-14(18-16(13)10-4-5-10)8-11-6-7-15(12)19(11)2/h9-11,15H,3-8H2,1-2H3. The summed E-state index contributed by atoms with van der Waals surface area (Å²) in [6.07, 6.45) is 5.77. The molecule has 0 aromatic carbocycles. The van der Waals surface area contributed by atoms with E-state index >= 15 is 0 Å². The average molecular weight is 286 g/mol. The molecule has 2 atom stereocenters. The number of aromatic nitrogens is 1. The highest BCUT2D eigenvalue weighted by Crippen LogP contribution is 2.46. The summed E-state index contributed by atoms with van der Waals surface area (Å²) in [7, 11) is 2.20. The van der Waals surface area contributed by atoms with E-state index in [-0.39, 0.29) is 5.97 Å². The van der Waals surface area contributed by atoms with Crippen molar-refractivity contribution in [2.24, 2.45) is 0 Å². The van der Waals surface area contributed by atoms with Crippen molar-refractivity contribution >= 4 is 5.97 Å². The predicted molar refractivity (Wildman–Crippen MR) is 79.4 cm³/mol. The molecule has 2 fully saturated rings. The smallest absolute Gasteiger partial charge is 0.340 e. The molecular weight excluding hydrogens is 264 g/mol. The van der Waals surface area contributed by atoms with Gasteiger partial charge in [-0.25, -0.2) is 4.79 Å². The van der Waals surface area contributed by atoms with Crippen LogP contribution >= 0.6 is 0 Å². The Morgan fingerprint density at radius 2 is 2.19 bits per heavy atom. The fraction of sp³-hybridized carbons (Fsp3) is 0.647. The van der Waals surface area contributed by atoms with Crippen LogP contribution in [-0.2, 0) is 11.2 Å². The maximum absolute atomic E-state index is 12.3. The van der Waals surface area contributed by atoms with Crippen molar-refractivity contribution in [3.8, 4) is 0 Å². The maximum Gasteiger partial charge on any atom is 0.340 e. The number of esters is 1. The largest absolute Gasteiger partial charge is 0.462 e. The van der Waals surface area contributed by atoms with Gasteiger partial charge in [-0.15, -0.1) is 0 Å². The van der Waals surface area contributed by atoms with E-state index < -0.39 is 0 Å². The first-order valence-electron chi connectivity index (χ1n) is 8.11. The van der Waals surface area contributed by atoms with Gasteiger partial charge in [-0.1, -0.05) is 0 Å². The third kappa shape index (κ3) is 2.08. The highest BCUT2D eigenvalue weighted by atomic mass is 16.5. The van der Waals surface area contributed by atoms with Crippen LogP contribution in [0.15, 0.2) is 6.07 Å². The van der Waals surface area contributed by atoms with E-state index in [1.807, 2.05) is 6.92 Å². The van der Waals surface area contributed by atoms with Crippen LogP contribution < -0.4 is 0 Å². The van der Waals surface area contributed by atoms with E-state index in [0.717, 1.165) is 30.5 Å². The summed E-state index contributed by atoms with van der Waals surface area (Å²) in [5.41, 5.74) is 4.21. The van der Waals surface area contributed by atoms with Gasteiger partial charge in [0.1, 0.15) is 0 Å². The number of rotatable bonds is 3. The first-order valence-corrected chi connectivity index (χ1v) is 8.11. The second kappa shape index (κ2) is 4.80. The third-order valence-corrected chi connectivity index (χ3v) is 5.25. The first-order chi connectivity index (χ1) is 10.2. The second-order valence-corrected chi connectivity index (χ2v) is 6.57.